The number of hydrogen-bond acceptors (Lipinski definition) is 4. The molecule has 1 rings (SSSR count). The first-order chi connectivity index (χ1) is 9.04. The average Bonchev–Trinajstić information content (AvgIpc) is 2.91. The van der Waals surface area contributed by atoms with E-state index < -0.39 is 11.5 Å². The summed E-state index contributed by atoms with van der Waals surface area (Å²) >= 11 is 0. The van der Waals surface area contributed by atoms with Crippen molar-refractivity contribution in [1.29, 1.82) is 0 Å². The van der Waals surface area contributed by atoms with Crippen LogP contribution in [-0.4, -0.2) is 48.3 Å². The number of aliphatic carboxylic acids is 1. The molecule has 0 saturated carbocycles. The third kappa shape index (κ3) is 4.47. The molecule has 0 radical (unpaired) electrons. The van der Waals surface area contributed by atoms with Crippen LogP contribution < -0.4 is 10.6 Å². The van der Waals surface area contributed by atoms with Crippen LogP contribution in [0.25, 0.3) is 0 Å². The van der Waals surface area contributed by atoms with E-state index in [4.69, 9.17) is 4.74 Å². The first-order valence-corrected chi connectivity index (χ1v) is 6.90. The first-order valence-electron chi connectivity index (χ1n) is 6.90. The van der Waals surface area contributed by atoms with E-state index in [-0.39, 0.29) is 18.6 Å². The van der Waals surface area contributed by atoms with Gasteiger partial charge >= 0.3 is 5.97 Å². The van der Waals surface area contributed by atoms with E-state index in [0.717, 1.165) is 19.4 Å². The van der Waals surface area contributed by atoms with Crippen molar-refractivity contribution in [3.63, 3.8) is 0 Å². The number of ether oxygens (including phenoxy) is 1. The fourth-order valence-corrected chi connectivity index (χ4v) is 2.22. The van der Waals surface area contributed by atoms with Gasteiger partial charge in [-0.1, -0.05) is 13.8 Å². The van der Waals surface area contributed by atoms with E-state index in [1.54, 1.807) is 13.8 Å². The van der Waals surface area contributed by atoms with Gasteiger partial charge < -0.3 is 15.2 Å². The summed E-state index contributed by atoms with van der Waals surface area (Å²) in [6.45, 7) is 4.87. The SMILES string of the molecule is CCC(CC)(NCC(=O)NCC1CCCO1)C(=O)O. The highest BCUT2D eigenvalue weighted by atomic mass is 16.5. The van der Waals surface area contributed by atoms with E-state index >= 15 is 0 Å². The molecule has 1 aliphatic heterocycles. The van der Waals surface area contributed by atoms with Crippen LogP contribution in [0.2, 0.25) is 0 Å². The zero-order valence-corrected chi connectivity index (χ0v) is 11.7. The third-order valence-electron chi connectivity index (χ3n) is 3.75. The van der Waals surface area contributed by atoms with Gasteiger partial charge in [-0.05, 0) is 25.7 Å². The molecule has 0 aromatic heterocycles. The minimum Gasteiger partial charge on any atom is -0.480 e. The maximum atomic E-state index is 11.7. The summed E-state index contributed by atoms with van der Waals surface area (Å²) in [6, 6.07) is 0. The molecule has 1 fully saturated rings. The van der Waals surface area contributed by atoms with Crippen LogP contribution in [0.5, 0.6) is 0 Å². The summed E-state index contributed by atoms with van der Waals surface area (Å²) in [5.74, 6) is -1.10. The second-order valence-corrected chi connectivity index (χ2v) is 4.89. The summed E-state index contributed by atoms with van der Waals surface area (Å²) in [5.41, 5.74) is -1.01. The highest BCUT2D eigenvalue weighted by molar-refractivity contribution is 5.82. The summed E-state index contributed by atoms with van der Waals surface area (Å²) in [5, 5.41) is 14.8. The standard InChI is InChI=1S/C13H24N2O4/c1-3-13(4-2,12(17)18)15-9-11(16)14-8-10-6-5-7-19-10/h10,15H,3-9H2,1-2H3,(H,14,16)(H,17,18). The summed E-state index contributed by atoms with van der Waals surface area (Å²) < 4.78 is 5.40. The van der Waals surface area contributed by atoms with Crippen LogP contribution in [0.1, 0.15) is 39.5 Å². The van der Waals surface area contributed by atoms with Gasteiger partial charge in [0, 0.05) is 13.2 Å². The van der Waals surface area contributed by atoms with Gasteiger partial charge in [-0.2, -0.15) is 0 Å². The van der Waals surface area contributed by atoms with Crippen molar-refractivity contribution < 1.29 is 19.4 Å². The number of carbonyl (C=O) groups excluding carboxylic acids is 1. The second-order valence-electron chi connectivity index (χ2n) is 4.89. The van der Waals surface area contributed by atoms with Gasteiger partial charge in [0.1, 0.15) is 5.54 Å². The molecule has 0 bridgehead atoms. The van der Waals surface area contributed by atoms with Crippen LogP contribution in [0, 0.1) is 0 Å². The van der Waals surface area contributed by atoms with E-state index in [9.17, 15) is 14.7 Å². The molecule has 0 aliphatic carbocycles. The Balaban J connectivity index is 2.32. The van der Waals surface area contributed by atoms with Crippen molar-refractivity contribution in [2.45, 2.75) is 51.2 Å². The summed E-state index contributed by atoms with van der Waals surface area (Å²) in [4.78, 5) is 22.9. The van der Waals surface area contributed by atoms with Crippen LogP contribution in [0.3, 0.4) is 0 Å². The molecule has 6 nitrogen and oxygen atoms in total. The van der Waals surface area contributed by atoms with Crippen molar-refractivity contribution in [2.24, 2.45) is 0 Å². The minimum absolute atomic E-state index is 0.0146. The third-order valence-corrected chi connectivity index (χ3v) is 3.75. The Morgan fingerprint density at radius 1 is 1.37 bits per heavy atom. The van der Waals surface area contributed by atoms with Gasteiger partial charge in [-0.3, -0.25) is 14.9 Å². The molecule has 1 unspecified atom stereocenters. The van der Waals surface area contributed by atoms with E-state index in [1.807, 2.05) is 0 Å². The number of amides is 1. The molecule has 1 atom stereocenters. The Labute approximate surface area is 113 Å². The predicted octanol–water partition coefficient (Wildman–Crippen LogP) is 0.515. The molecule has 6 heteroatoms. The van der Waals surface area contributed by atoms with Crippen LogP contribution in [0.15, 0.2) is 0 Å². The molecule has 1 saturated heterocycles. The molecule has 3 N–H and O–H groups in total. The molecule has 0 spiro atoms. The maximum Gasteiger partial charge on any atom is 0.323 e. The first kappa shape index (κ1) is 15.9. The smallest absolute Gasteiger partial charge is 0.323 e. The minimum atomic E-state index is -1.01. The topological polar surface area (TPSA) is 87.7 Å². The molecule has 110 valence electrons. The Morgan fingerprint density at radius 3 is 2.53 bits per heavy atom. The summed E-state index contributed by atoms with van der Waals surface area (Å²) in [6.07, 6.45) is 2.99. The summed E-state index contributed by atoms with van der Waals surface area (Å²) in [7, 11) is 0. The lowest BCUT2D eigenvalue weighted by atomic mass is 9.93. The Kier molecular flexibility index (Phi) is 6.24. The van der Waals surface area contributed by atoms with Crippen LogP contribution >= 0.6 is 0 Å². The number of nitrogens with one attached hydrogen (secondary N) is 2. The van der Waals surface area contributed by atoms with Gasteiger partial charge in [-0.15, -0.1) is 0 Å². The van der Waals surface area contributed by atoms with Gasteiger partial charge in [0.05, 0.1) is 12.6 Å². The predicted molar refractivity (Wildman–Crippen MR) is 70.9 cm³/mol. The maximum absolute atomic E-state index is 11.7. The zero-order valence-electron chi connectivity index (χ0n) is 11.7. The zero-order chi connectivity index (χ0) is 14.3. The van der Waals surface area contributed by atoms with Crippen molar-refractivity contribution in [3.05, 3.63) is 0 Å². The fourth-order valence-electron chi connectivity index (χ4n) is 2.22. The highest BCUT2D eigenvalue weighted by Gasteiger charge is 2.34. The van der Waals surface area contributed by atoms with E-state index in [0.29, 0.717) is 19.4 Å². The average molecular weight is 272 g/mol. The number of hydrogen-bond donors (Lipinski definition) is 3. The number of carboxylic acids is 1. The number of carbonyl (C=O) groups is 2. The number of carboxylic acid groups (broad SMARTS) is 1. The van der Waals surface area contributed by atoms with E-state index in [2.05, 4.69) is 10.6 Å². The number of rotatable bonds is 8. The second kappa shape index (κ2) is 7.45. The lowest BCUT2D eigenvalue weighted by Gasteiger charge is -2.27. The highest BCUT2D eigenvalue weighted by Crippen LogP contribution is 2.15. The van der Waals surface area contributed by atoms with Crippen LogP contribution in [-0.2, 0) is 14.3 Å². The molecule has 0 aromatic carbocycles. The lowest BCUT2D eigenvalue weighted by Crippen LogP contribution is -2.54. The van der Waals surface area contributed by atoms with Crippen molar-refractivity contribution in [1.82, 2.24) is 10.6 Å². The molecule has 1 amide bonds. The van der Waals surface area contributed by atoms with Crippen LogP contribution in [0.4, 0.5) is 0 Å². The van der Waals surface area contributed by atoms with Crippen molar-refractivity contribution in [3.8, 4) is 0 Å². The molecular weight excluding hydrogens is 248 g/mol. The largest absolute Gasteiger partial charge is 0.480 e. The quantitative estimate of drug-likeness (QED) is 0.599. The normalized spacial score (nSPS) is 19.4. The van der Waals surface area contributed by atoms with Gasteiger partial charge in [0.25, 0.3) is 0 Å². The van der Waals surface area contributed by atoms with Gasteiger partial charge in [0.15, 0.2) is 0 Å². The van der Waals surface area contributed by atoms with Crippen molar-refractivity contribution >= 4 is 11.9 Å². The molecule has 0 aromatic rings. The van der Waals surface area contributed by atoms with E-state index in [1.165, 1.54) is 0 Å². The molecular formula is C13H24N2O4. The van der Waals surface area contributed by atoms with Gasteiger partial charge in [0.2, 0.25) is 5.91 Å². The fraction of sp³-hybridized carbons (Fsp3) is 0.846. The Morgan fingerprint density at radius 2 is 2.05 bits per heavy atom. The van der Waals surface area contributed by atoms with Gasteiger partial charge in [-0.25, -0.2) is 0 Å². The Bertz CT molecular complexity index is 310. The molecule has 19 heavy (non-hydrogen) atoms. The van der Waals surface area contributed by atoms with Crippen molar-refractivity contribution in [2.75, 3.05) is 19.7 Å². The molecule has 1 aliphatic rings. The monoisotopic (exact) mass is 272 g/mol. The lowest BCUT2D eigenvalue weighted by molar-refractivity contribution is -0.145. The molecule has 1 heterocycles. The Hall–Kier alpha value is -1.14.